The van der Waals surface area contributed by atoms with E-state index in [1.807, 2.05) is 30.3 Å². The van der Waals surface area contributed by atoms with Crippen LogP contribution in [0.5, 0.6) is 0 Å². The molecule has 0 unspecified atom stereocenters. The van der Waals surface area contributed by atoms with Gasteiger partial charge in [-0.05, 0) is 5.56 Å². The number of aliphatic imine (C=N–C) groups is 1. The Morgan fingerprint density at radius 2 is 1.92 bits per heavy atom. The first-order chi connectivity index (χ1) is 5.83. The second-order valence-electron chi connectivity index (χ2n) is 2.50. The summed E-state index contributed by atoms with van der Waals surface area (Å²) in [4.78, 5) is 4.08. The van der Waals surface area contributed by atoms with Crippen LogP contribution in [-0.4, -0.2) is 12.4 Å². The number of benzene rings is 1. The van der Waals surface area contributed by atoms with Crippen LogP contribution < -0.4 is 11.5 Å². The molecular formula is C9H13N3. The SMILES string of the molecule is NCC(N)=NCc1ccccc1. The summed E-state index contributed by atoms with van der Waals surface area (Å²) in [5.74, 6) is 0.499. The van der Waals surface area contributed by atoms with E-state index in [0.717, 1.165) is 5.56 Å². The fraction of sp³-hybridized carbons (Fsp3) is 0.222. The molecule has 0 aliphatic carbocycles. The van der Waals surface area contributed by atoms with E-state index in [0.29, 0.717) is 18.9 Å². The molecule has 0 amide bonds. The topological polar surface area (TPSA) is 64.4 Å². The molecule has 64 valence electrons. The molecule has 1 aromatic rings. The van der Waals surface area contributed by atoms with Gasteiger partial charge in [0, 0.05) is 0 Å². The molecule has 3 heteroatoms. The lowest BCUT2D eigenvalue weighted by atomic mass is 10.2. The Morgan fingerprint density at radius 3 is 2.50 bits per heavy atom. The van der Waals surface area contributed by atoms with E-state index in [2.05, 4.69) is 4.99 Å². The van der Waals surface area contributed by atoms with Crippen LogP contribution in [0.15, 0.2) is 35.3 Å². The summed E-state index contributed by atoms with van der Waals surface area (Å²) in [5.41, 5.74) is 11.9. The van der Waals surface area contributed by atoms with Crippen LogP contribution in [0.4, 0.5) is 0 Å². The van der Waals surface area contributed by atoms with Crippen LogP contribution in [0.2, 0.25) is 0 Å². The van der Waals surface area contributed by atoms with Crippen molar-refractivity contribution in [2.24, 2.45) is 16.5 Å². The maximum absolute atomic E-state index is 5.45. The fourth-order valence-electron chi connectivity index (χ4n) is 0.841. The Hall–Kier alpha value is -1.35. The van der Waals surface area contributed by atoms with Gasteiger partial charge in [-0.25, -0.2) is 0 Å². The van der Waals surface area contributed by atoms with Crippen LogP contribution >= 0.6 is 0 Å². The van der Waals surface area contributed by atoms with Crippen molar-refractivity contribution < 1.29 is 0 Å². The van der Waals surface area contributed by atoms with Gasteiger partial charge in [-0.15, -0.1) is 0 Å². The summed E-state index contributed by atoms with van der Waals surface area (Å²) in [6.45, 7) is 0.941. The Morgan fingerprint density at radius 1 is 1.25 bits per heavy atom. The van der Waals surface area contributed by atoms with Gasteiger partial charge in [0.05, 0.1) is 13.1 Å². The first kappa shape index (κ1) is 8.74. The van der Waals surface area contributed by atoms with Gasteiger partial charge in [-0.2, -0.15) is 0 Å². The molecule has 1 aromatic carbocycles. The third kappa shape index (κ3) is 2.72. The van der Waals surface area contributed by atoms with Gasteiger partial charge in [-0.1, -0.05) is 30.3 Å². The highest BCUT2D eigenvalue weighted by Gasteiger charge is 1.88. The fourth-order valence-corrected chi connectivity index (χ4v) is 0.841. The molecule has 4 N–H and O–H groups in total. The summed E-state index contributed by atoms with van der Waals surface area (Å²) >= 11 is 0. The molecule has 0 bridgehead atoms. The summed E-state index contributed by atoms with van der Waals surface area (Å²) in [5, 5.41) is 0. The number of hydrogen-bond donors (Lipinski definition) is 2. The first-order valence-corrected chi connectivity index (χ1v) is 3.85. The van der Waals surface area contributed by atoms with Crippen LogP contribution in [0.1, 0.15) is 5.56 Å². The molecule has 0 aromatic heterocycles. The van der Waals surface area contributed by atoms with Gasteiger partial charge in [0.2, 0.25) is 0 Å². The van der Waals surface area contributed by atoms with Crippen molar-refractivity contribution in [3.8, 4) is 0 Å². The van der Waals surface area contributed by atoms with Crippen molar-refractivity contribution in [2.75, 3.05) is 6.54 Å². The minimum absolute atomic E-state index is 0.326. The summed E-state index contributed by atoms with van der Waals surface area (Å²) in [6, 6.07) is 9.94. The Kier molecular flexibility index (Phi) is 3.29. The predicted molar refractivity (Wildman–Crippen MR) is 50.8 cm³/mol. The average Bonchev–Trinajstić information content (AvgIpc) is 2.16. The molecule has 1 rings (SSSR count). The largest absolute Gasteiger partial charge is 0.386 e. The minimum atomic E-state index is 0.326. The maximum atomic E-state index is 5.45. The molecule has 0 spiro atoms. The lowest BCUT2D eigenvalue weighted by Gasteiger charge is -1.96. The molecule has 0 aliphatic rings. The standard InChI is InChI=1S/C9H13N3/c10-6-9(11)12-7-8-4-2-1-3-5-8/h1-5H,6-7,10H2,(H2,11,12). The van der Waals surface area contributed by atoms with E-state index < -0.39 is 0 Å². The van der Waals surface area contributed by atoms with Gasteiger partial charge >= 0.3 is 0 Å². The summed E-state index contributed by atoms with van der Waals surface area (Å²) in [7, 11) is 0. The number of nitrogens with zero attached hydrogens (tertiary/aromatic N) is 1. The molecule has 0 atom stereocenters. The lowest BCUT2D eigenvalue weighted by Crippen LogP contribution is -2.22. The second kappa shape index (κ2) is 4.51. The number of rotatable bonds is 3. The van der Waals surface area contributed by atoms with E-state index in [4.69, 9.17) is 11.5 Å². The van der Waals surface area contributed by atoms with Crippen molar-refractivity contribution >= 4 is 5.84 Å². The van der Waals surface area contributed by atoms with Crippen molar-refractivity contribution in [3.63, 3.8) is 0 Å². The van der Waals surface area contributed by atoms with Gasteiger partial charge in [-0.3, -0.25) is 4.99 Å². The molecule has 0 saturated carbocycles. The summed E-state index contributed by atoms with van der Waals surface area (Å²) in [6.07, 6.45) is 0. The third-order valence-corrected chi connectivity index (χ3v) is 1.52. The number of nitrogens with two attached hydrogens (primary N) is 2. The van der Waals surface area contributed by atoms with Crippen LogP contribution in [0, 0.1) is 0 Å². The highest BCUT2D eigenvalue weighted by molar-refractivity contribution is 5.82. The number of amidine groups is 1. The van der Waals surface area contributed by atoms with E-state index in [-0.39, 0.29) is 0 Å². The van der Waals surface area contributed by atoms with E-state index in [1.165, 1.54) is 0 Å². The molecule has 3 nitrogen and oxygen atoms in total. The zero-order valence-electron chi connectivity index (χ0n) is 6.90. The van der Waals surface area contributed by atoms with Crippen LogP contribution in [0.25, 0.3) is 0 Å². The molecule has 0 fully saturated rings. The summed E-state index contributed by atoms with van der Waals surface area (Å²) < 4.78 is 0. The quantitative estimate of drug-likeness (QED) is 0.503. The van der Waals surface area contributed by atoms with Gasteiger partial charge in [0.25, 0.3) is 0 Å². The molecule has 0 heterocycles. The van der Waals surface area contributed by atoms with E-state index >= 15 is 0 Å². The van der Waals surface area contributed by atoms with Crippen molar-refractivity contribution in [3.05, 3.63) is 35.9 Å². The Labute approximate surface area is 72.1 Å². The van der Waals surface area contributed by atoms with Crippen molar-refractivity contribution in [1.82, 2.24) is 0 Å². The van der Waals surface area contributed by atoms with E-state index in [1.54, 1.807) is 0 Å². The maximum Gasteiger partial charge on any atom is 0.108 e. The zero-order valence-corrected chi connectivity index (χ0v) is 6.90. The third-order valence-electron chi connectivity index (χ3n) is 1.52. The minimum Gasteiger partial charge on any atom is -0.386 e. The molecule has 0 saturated heterocycles. The molecule has 12 heavy (non-hydrogen) atoms. The second-order valence-corrected chi connectivity index (χ2v) is 2.50. The lowest BCUT2D eigenvalue weighted by molar-refractivity contribution is 1.04. The first-order valence-electron chi connectivity index (χ1n) is 3.85. The normalized spacial score (nSPS) is 11.6. The smallest absolute Gasteiger partial charge is 0.108 e. The number of hydrogen-bond acceptors (Lipinski definition) is 2. The highest BCUT2D eigenvalue weighted by atomic mass is 14.9. The molecule has 0 radical (unpaired) electrons. The molecular weight excluding hydrogens is 150 g/mol. The van der Waals surface area contributed by atoms with Crippen LogP contribution in [0.3, 0.4) is 0 Å². The van der Waals surface area contributed by atoms with Gasteiger partial charge in [0.1, 0.15) is 5.84 Å². The monoisotopic (exact) mass is 163 g/mol. The predicted octanol–water partition coefficient (Wildman–Crippen LogP) is 0.502. The zero-order chi connectivity index (χ0) is 8.81. The Balaban J connectivity index is 2.54. The Bertz CT molecular complexity index is 254. The average molecular weight is 163 g/mol. The highest BCUT2D eigenvalue weighted by Crippen LogP contribution is 1.99. The molecule has 0 aliphatic heterocycles. The van der Waals surface area contributed by atoms with Crippen LogP contribution in [-0.2, 0) is 6.54 Å². The van der Waals surface area contributed by atoms with Gasteiger partial charge in [0.15, 0.2) is 0 Å². The van der Waals surface area contributed by atoms with Gasteiger partial charge < -0.3 is 11.5 Å². The van der Waals surface area contributed by atoms with Crippen molar-refractivity contribution in [2.45, 2.75) is 6.54 Å². The van der Waals surface area contributed by atoms with E-state index in [9.17, 15) is 0 Å². The van der Waals surface area contributed by atoms with Crippen molar-refractivity contribution in [1.29, 1.82) is 0 Å².